The van der Waals surface area contributed by atoms with Crippen molar-refractivity contribution in [2.45, 2.75) is 53.5 Å². The zero-order valence-corrected chi connectivity index (χ0v) is 12.2. The van der Waals surface area contributed by atoms with Gasteiger partial charge in [0, 0.05) is 6.04 Å². The number of hydrogen-bond donors (Lipinski definition) is 1. The zero-order chi connectivity index (χ0) is 13.1. The number of likely N-dealkylation sites (N-methyl/N-ethyl adjacent to an activating group) is 1. The van der Waals surface area contributed by atoms with E-state index >= 15 is 0 Å². The topological polar surface area (TPSA) is 12.0 Å². The molecule has 0 aliphatic carbocycles. The van der Waals surface area contributed by atoms with Crippen LogP contribution in [0.25, 0.3) is 0 Å². The summed E-state index contributed by atoms with van der Waals surface area (Å²) in [6, 6.07) is 7.39. The number of hydrogen-bond acceptors (Lipinski definition) is 1. The molecule has 0 heterocycles. The van der Waals surface area contributed by atoms with Crippen LogP contribution in [-0.4, -0.2) is 13.1 Å². The first-order valence-corrected chi connectivity index (χ1v) is 6.63. The van der Waals surface area contributed by atoms with Crippen LogP contribution in [0.4, 0.5) is 0 Å². The van der Waals surface area contributed by atoms with Gasteiger partial charge < -0.3 is 5.32 Å². The molecule has 0 saturated heterocycles. The van der Waals surface area contributed by atoms with E-state index in [1.54, 1.807) is 0 Å². The molecule has 17 heavy (non-hydrogen) atoms. The van der Waals surface area contributed by atoms with Gasteiger partial charge in [0.1, 0.15) is 0 Å². The minimum absolute atomic E-state index is 0.340. The van der Waals surface area contributed by atoms with Gasteiger partial charge in [-0.05, 0) is 44.7 Å². The van der Waals surface area contributed by atoms with Crippen LogP contribution in [0.5, 0.6) is 0 Å². The number of nitrogens with one attached hydrogen (secondary N) is 1. The monoisotopic (exact) mass is 233 g/mol. The summed E-state index contributed by atoms with van der Waals surface area (Å²) in [6.45, 7) is 11.3. The molecule has 0 fully saturated rings. The van der Waals surface area contributed by atoms with E-state index in [9.17, 15) is 0 Å². The molecule has 0 spiro atoms. The van der Waals surface area contributed by atoms with Gasteiger partial charge in [0.15, 0.2) is 0 Å². The fraction of sp³-hybridized carbons (Fsp3) is 0.625. The molecule has 0 amide bonds. The van der Waals surface area contributed by atoms with Crippen molar-refractivity contribution < 1.29 is 0 Å². The average molecular weight is 233 g/mol. The van der Waals surface area contributed by atoms with Crippen molar-refractivity contribution in [2.24, 2.45) is 5.41 Å². The van der Waals surface area contributed by atoms with Crippen molar-refractivity contribution in [3.63, 3.8) is 0 Å². The molecule has 1 aromatic rings. The largest absolute Gasteiger partial charge is 0.316 e. The molecule has 1 unspecified atom stereocenters. The van der Waals surface area contributed by atoms with Gasteiger partial charge in [-0.25, -0.2) is 0 Å². The third kappa shape index (κ3) is 3.85. The highest BCUT2D eigenvalue weighted by Crippen LogP contribution is 2.27. The second-order valence-corrected chi connectivity index (χ2v) is 5.88. The molecule has 0 bridgehead atoms. The van der Waals surface area contributed by atoms with E-state index in [-0.39, 0.29) is 0 Å². The fourth-order valence-corrected chi connectivity index (χ4v) is 2.44. The summed E-state index contributed by atoms with van der Waals surface area (Å²) >= 11 is 0. The van der Waals surface area contributed by atoms with E-state index in [1.165, 1.54) is 23.1 Å². The molecule has 1 atom stereocenters. The van der Waals surface area contributed by atoms with Gasteiger partial charge in [-0.3, -0.25) is 0 Å². The Bertz CT molecular complexity index is 346. The zero-order valence-electron chi connectivity index (χ0n) is 12.2. The number of benzene rings is 1. The van der Waals surface area contributed by atoms with Crippen LogP contribution in [0.15, 0.2) is 18.2 Å². The summed E-state index contributed by atoms with van der Waals surface area (Å²) < 4.78 is 0. The Morgan fingerprint density at radius 2 is 1.65 bits per heavy atom. The lowest BCUT2D eigenvalue weighted by Gasteiger charge is -2.33. The third-order valence-electron chi connectivity index (χ3n) is 3.92. The Balaban J connectivity index is 2.88. The molecule has 1 nitrogen and oxygen atoms in total. The summed E-state index contributed by atoms with van der Waals surface area (Å²) in [5.41, 5.74) is 4.52. The summed E-state index contributed by atoms with van der Waals surface area (Å²) in [6.07, 6.45) is 2.31. The second kappa shape index (κ2) is 5.68. The Morgan fingerprint density at radius 1 is 1.12 bits per heavy atom. The van der Waals surface area contributed by atoms with Crippen molar-refractivity contribution in [2.75, 3.05) is 7.05 Å². The van der Waals surface area contributed by atoms with Gasteiger partial charge in [-0.1, -0.05) is 50.1 Å². The van der Waals surface area contributed by atoms with Crippen molar-refractivity contribution in [1.29, 1.82) is 0 Å². The maximum Gasteiger partial charge on any atom is 0.0155 e. The molecule has 1 aromatic carbocycles. The summed E-state index contributed by atoms with van der Waals surface area (Å²) in [4.78, 5) is 0. The smallest absolute Gasteiger partial charge is 0.0155 e. The molecule has 0 aromatic heterocycles. The second-order valence-electron chi connectivity index (χ2n) is 5.88. The van der Waals surface area contributed by atoms with Crippen LogP contribution in [0, 0.1) is 19.3 Å². The maximum absolute atomic E-state index is 3.48. The maximum atomic E-state index is 3.48. The highest BCUT2D eigenvalue weighted by molar-refractivity contribution is 5.29. The lowest BCUT2D eigenvalue weighted by atomic mass is 9.79. The van der Waals surface area contributed by atoms with E-state index in [1.807, 2.05) is 0 Å². The van der Waals surface area contributed by atoms with Gasteiger partial charge in [0.05, 0.1) is 0 Å². The molecule has 0 aliphatic rings. The molecule has 1 rings (SSSR count). The number of aryl methyl sites for hydroxylation is 2. The van der Waals surface area contributed by atoms with Crippen molar-refractivity contribution >= 4 is 0 Å². The van der Waals surface area contributed by atoms with Gasteiger partial charge in [0.25, 0.3) is 0 Å². The molecular formula is C16H27N. The van der Waals surface area contributed by atoms with Crippen LogP contribution in [0.2, 0.25) is 0 Å². The standard InChI is InChI=1S/C16H27N/c1-7-16(4,5)15(17-6)11-14-9-12(2)8-13(3)10-14/h8-10,15,17H,7,11H2,1-6H3. The van der Waals surface area contributed by atoms with Crippen molar-refractivity contribution in [3.8, 4) is 0 Å². The average Bonchev–Trinajstić information content (AvgIpc) is 2.24. The first-order chi connectivity index (χ1) is 7.89. The first kappa shape index (κ1) is 14.2. The molecule has 0 radical (unpaired) electrons. The Hall–Kier alpha value is -0.820. The van der Waals surface area contributed by atoms with Gasteiger partial charge in [-0.2, -0.15) is 0 Å². The number of rotatable bonds is 5. The predicted molar refractivity (Wildman–Crippen MR) is 76.5 cm³/mol. The molecular weight excluding hydrogens is 206 g/mol. The van der Waals surface area contributed by atoms with E-state index in [2.05, 4.69) is 65.2 Å². The van der Waals surface area contributed by atoms with E-state index in [0.29, 0.717) is 11.5 Å². The van der Waals surface area contributed by atoms with Crippen molar-refractivity contribution in [3.05, 3.63) is 34.9 Å². The Labute approximate surface area is 107 Å². The minimum atomic E-state index is 0.340. The fourth-order valence-electron chi connectivity index (χ4n) is 2.44. The lowest BCUT2D eigenvalue weighted by molar-refractivity contribution is 0.240. The predicted octanol–water partition coefficient (Wildman–Crippen LogP) is 3.87. The van der Waals surface area contributed by atoms with E-state index in [0.717, 1.165) is 6.42 Å². The highest BCUT2D eigenvalue weighted by Gasteiger charge is 2.26. The summed E-state index contributed by atoms with van der Waals surface area (Å²) in [5, 5.41) is 3.48. The SMILES string of the molecule is CCC(C)(C)C(Cc1cc(C)cc(C)c1)NC. The van der Waals surface area contributed by atoms with Gasteiger partial charge in [0.2, 0.25) is 0 Å². The summed E-state index contributed by atoms with van der Waals surface area (Å²) in [5.74, 6) is 0. The van der Waals surface area contributed by atoms with Crippen LogP contribution >= 0.6 is 0 Å². The van der Waals surface area contributed by atoms with E-state index < -0.39 is 0 Å². The van der Waals surface area contributed by atoms with Crippen LogP contribution < -0.4 is 5.32 Å². The molecule has 0 saturated carbocycles. The lowest BCUT2D eigenvalue weighted by Crippen LogP contribution is -2.41. The van der Waals surface area contributed by atoms with Crippen molar-refractivity contribution in [1.82, 2.24) is 5.32 Å². The molecule has 1 N–H and O–H groups in total. The van der Waals surface area contributed by atoms with Crippen LogP contribution in [0.3, 0.4) is 0 Å². The molecule has 1 heteroatoms. The van der Waals surface area contributed by atoms with Gasteiger partial charge in [-0.15, -0.1) is 0 Å². The highest BCUT2D eigenvalue weighted by atomic mass is 14.9. The first-order valence-electron chi connectivity index (χ1n) is 6.63. The quantitative estimate of drug-likeness (QED) is 0.814. The van der Waals surface area contributed by atoms with Crippen LogP contribution in [0.1, 0.15) is 43.9 Å². The van der Waals surface area contributed by atoms with Gasteiger partial charge >= 0.3 is 0 Å². The minimum Gasteiger partial charge on any atom is -0.316 e. The normalized spacial score (nSPS) is 13.8. The van der Waals surface area contributed by atoms with E-state index in [4.69, 9.17) is 0 Å². The molecule has 0 aliphatic heterocycles. The van der Waals surface area contributed by atoms with Crippen LogP contribution in [-0.2, 0) is 6.42 Å². The Morgan fingerprint density at radius 3 is 2.06 bits per heavy atom. The summed E-state index contributed by atoms with van der Waals surface area (Å²) in [7, 11) is 2.07. The third-order valence-corrected chi connectivity index (χ3v) is 3.92. The molecule has 96 valence electrons. The Kier molecular flexibility index (Phi) is 4.76.